The van der Waals surface area contributed by atoms with Crippen molar-refractivity contribution in [2.75, 3.05) is 0 Å². The fourth-order valence-corrected chi connectivity index (χ4v) is 1.84. The van der Waals surface area contributed by atoms with Gasteiger partial charge in [0, 0.05) is 0 Å². The third kappa shape index (κ3) is 5.31. The Hall–Kier alpha value is -2.89. The number of hydrogen-bond acceptors (Lipinski definition) is 4. The molecule has 2 aromatic carbocycles. The fraction of sp³-hybridized carbons (Fsp3) is 0.263. The summed E-state index contributed by atoms with van der Waals surface area (Å²) < 4.78 is 19.1. The lowest BCUT2D eigenvalue weighted by molar-refractivity contribution is -0.158. The van der Waals surface area contributed by atoms with Gasteiger partial charge in [-0.15, -0.1) is 0 Å². The van der Waals surface area contributed by atoms with Crippen LogP contribution in [0, 0.1) is 11.2 Å². The van der Waals surface area contributed by atoms with E-state index < -0.39 is 23.1 Å². The Labute approximate surface area is 145 Å². The molecule has 0 aliphatic heterocycles. The third-order valence-electron chi connectivity index (χ3n) is 3.27. The molecule has 2 aromatic rings. The first-order valence-electron chi connectivity index (χ1n) is 7.75. The minimum atomic E-state index is -0.776. The molecule has 0 atom stereocenters. The highest BCUT2D eigenvalue weighted by Crippen LogP contribution is 2.21. The van der Waals surface area contributed by atoms with E-state index in [1.165, 1.54) is 12.1 Å². The number of carbonyl (C=O) groups is 2. The average Bonchev–Trinajstić information content (AvgIpc) is 2.58. The van der Waals surface area contributed by atoms with Crippen LogP contribution >= 0.6 is 0 Å². The van der Waals surface area contributed by atoms with Crippen LogP contribution in [-0.2, 0) is 16.2 Å². The molecule has 0 aromatic heterocycles. The van der Waals surface area contributed by atoms with Gasteiger partial charge in [-0.1, -0.05) is 30.3 Å². The molecular formula is C19H20FNO4. The van der Waals surface area contributed by atoms with Crippen molar-refractivity contribution in [3.63, 3.8) is 0 Å². The van der Waals surface area contributed by atoms with E-state index in [1.807, 2.05) is 35.8 Å². The molecule has 0 saturated heterocycles. The first kappa shape index (κ1) is 18.4. The van der Waals surface area contributed by atoms with Gasteiger partial charge in [-0.05, 0) is 44.5 Å². The van der Waals surface area contributed by atoms with Crippen molar-refractivity contribution < 1.29 is 23.6 Å². The topological polar surface area (TPSA) is 64.6 Å². The molecule has 0 fully saturated rings. The molecule has 0 heterocycles. The monoisotopic (exact) mass is 345 g/mol. The largest absolute Gasteiger partial charge is 0.488 e. The van der Waals surface area contributed by atoms with Crippen molar-refractivity contribution >= 4 is 11.9 Å². The number of ether oxygens (including phenoxy) is 1. The van der Waals surface area contributed by atoms with Crippen LogP contribution in [0.4, 0.5) is 4.39 Å². The van der Waals surface area contributed by atoms with Crippen LogP contribution < -0.4 is 10.2 Å². The smallest absolute Gasteiger partial charge is 0.337 e. The van der Waals surface area contributed by atoms with Crippen molar-refractivity contribution in [3.8, 4) is 5.75 Å². The summed E-state index contributed by atoms with van der Waals surface area (Å²) in [5.41, 5.74) is 2.10. The zero-order valence-corrected chi connectivity index (χ0v) is 14.3. The second kappa shape index (κ2) is 7.79. The lowest BCUT2D eigenvalue weighted by Gasteiger charge is -2.16. The molecule has 0 aliphatic carbocycles. The zero-order valence-electron chi connectivity index (χ0n) is 14.3. The van der Waals surface area contributed by atoms with E-state index in [9.17, 15) is 14.0 Å². The van der Waals surface area contributed by atoms with E-state index in [0.717, 1.165) is 11.6 Å². The molecule has 2 rings (SSSR count). The Bertz CT molecular complexity index is 754. The van der Waals surface area contributed by atoms with Gasteiger partial charge in [0.05, 0.1) is 11.0 Å². The van der Waals surface area contributed by atoms with E-state index in [0.29, 0.717) is 0 Å². The summed E-state index contributed by atoms with van der Waals surface area (Å²) in [5.74, 6) is -1.78. The van der Waals surface area contributed by atoms with Gasteiger partial charge in [-0.3, -0.25) is 4.79 Å². The van der Waals surface area contributed by atoms with E-state index in [-0.39, 0.29) is 17.9 Å². The Morgan fingerprint density at radius 1 is 1.08 bits per heavy atom. The van der Waals surface area contributed by atoms with Gasteiger partial charge in [-0.2, -0.15) is 5.48 Å². The van der Waals surface area contributed by atoms with E-state index in [1.54, 1.807) is 20.8 Å². The van der Waals surface area contributed by atoms with Gasteiger partial charge in [0.15, 0.2) is 0 Å². The van der Waals surface area contributed by atoms with Gasteiger partial charge in [0.1, 0.15) is 18.2 Å². The number of carbonyl (C=O) groups excluding carboxylic acids is 2. The van der Waals surface area contributed by atoms with Gasteiger partial charge in [0.2, 0.25) is 0 Å². The third-order valence-corrected chi connectivity index (χ3v) is 3.27. The van der Waals surface area contributed by atoms with Crippen LogP contribution in [0.15, 0.2) is 48.5 Å². The number of halogens is 1. The summed E-state index contributed by atoms with van der Waals surface area (Å²) in [6.45, 7) is 5.17. The van der Waals surface area contributed by atoms with Gasteiger partial charge >= 0.3 is 5.97 Å². The SMILES string of the molecule is CC(C)(C)C(=O)ONC(=O)c1cc(F)ccc1OCc1ccccc1. The van der Waals surface area contributed by atoms with Gasteiger partial charge in [-0.25, -0.2) is 9.18 Å². The molecule has 0 saturated carbocycles. The highest BCUT2D eigenvalue weighted by atomic mass is 19.1. The molecule has 25 heavy (non-hydrogen) atoms. The first-order chi connectivity index (χ1) is 11.8. The Morgan fingerprint density at radius 3 is 2.40 bits per heavy atom. The molecule has 0 aliphatic rings. The summed E-state index contributed by atoms with van der Waals surface area (Å²) in [5, 5.41) is 0. The number of amides is 1. The van der Waals surface area contributed by atoms with Crippen molar-refractivity contribution in [2.45, 2.75) is 27.4 Å². The molecule has 132 valence electrons. The molecular weight excluding hydrogens is 325 g/mol. The predicted molar refractivity (Wildman–Crippen MR) is 90.2 cm³/mol. The van der Waals surface area contributed by atoms with E-state index in [4.69, 9.17) is 9.57 Å². The fourth-order valence-electron chi connectivity index (χ4n) is 1.84. The van der Waals surface area contributed by atoms with Gasteiger partial charge in [0.25, 0.3) is 5.91 Å². The predicted octanol–water partition coefficient (Wildman–Crippen LogP) is 3.64. The molecule has 0 bridgehead atoms. The highest BCUT2D eigenvalue weighted by Gasteiger charge is 2.25. The summed E-state index contributed by atoms with van der Waals surface area (Å²) in [4.78, 5) is 28.7. The van der Waals surface area contributed by atoms with Crippen LogP contribution in [0.2, 0.25) is 0 Å². The number of rotatable bonds is 4. The first-order valence-corrected chi connectivity index (χ1v) is 7.75. The van der Waals surface area contributed by atoms with Crippen molar-refractivity contribution in [3.05, 3.63) is 65.5 Å². The van der Waals surface area contributed by atoms with Crippen LogP contribution in [0.25, 0.3) is 0 Å². The minimum absolute atomic E-state index is 0.0577. The second-order valence-electron chi connectivity index (χ2n) is 6.49. The molecule has 0 radical (unpaired) electrons. The summed E-state index contributed by atoms with van der Waals surface area (Å²) in [6.07, 6.45) is 0. The Balaban J connectivity index is 2.09. The molecule has 0 spiro atoms. The number of nitrogens with one attached hydrogen (secondary N) is 1. The molecule has 1 N–H and O–H groups in total. The maximum Gasteiger partial charge on any atom is 0.337 e. The average molecular weight is 345 g/mol. The number of benzene rings is 2. The quantitative estimate of drug-likeness (QED) is 0.859. The molecule has 5 nitrogen and oxygen atoms in total. The normalized spacial score (nSPS) is 10.9. The van der Waals surface area contributed by atoms with E-state index in [2.05, 4.69) is 0 Å². The minimum Gasteiger partial charge on any atom is -0.488 e. The zero-order chi connectivity index (χ0) is 18.4. The van der Waals surface area contributed by atoms with Crippen LogP contribution in [-0.4, -0.2) is 11.9 Å². The Morgan fingerprint density at radius 2 is 1.76 bits per heavy atom. The van der Waals surface area contributed by atoms with Crippen molar-refractivity contribution in [1.82, 2.24) is 5.48 Å². The van der Waals surface area contributed by atoms with Crippen molar-refractivity contribution in [1.29, 1.82) is 0 Å². The van der Waals surface area contributed by atoms with Crippen LogP contribution in [0.5, 0.6) is 5.75 Å². The molecule has 1 amide bonds. The lowest BCUT2D eigenvalue weighted by Crippen LogP contribution is -2.33. The second-order valence-corrected chi connectivity index (χ2v) is 6.49. The lowest BCUT2D eigenvalue weighted by atomic mass is 9.98. The number of hydrogen-bond donors (Lipinski definition) is 1. The maximum absolute atomic E-state index is 13.5. The van der Waals surface area contributed by atoms with Crippen LogP contribution in [0.3, 0.4) is 0 Å². The molecule has 6 heteroatoms. The maximum atomic E-state index is 13.5. The number of hydroxylamine groups is 1. The summed E-state index contributed by atoms with van der Waals surface area (Å²) in [7, 11) is 0. The van der Waals surface area contributed by atoms with E-state index >= 15 is 0 Å². The Kier molecular flexibility index (Phi) is 5.75. The van der Waals surface area contributed by atoms with Crippen LogP contribution in [0.1, 0.15) is 36.7 Å². The summed E-state index contributed by atoms with van der Waals surface area (Å²) in [6, 6.07) is 12.9. The standard InChI is InChI=1S/C19H20FNO4/c1-19(2,3)18(23)25-21-17(22)15-11-14(20)9-10-16(15)24-12-13-7-5-4-6-8-13/h4-11H,12H2,1-3H3,(H,21,22). The van der Waals surface area contributed by atoms with Gasteiger partial charge < -0.3 is 9.57 Å². The molecule has 0 unspecified atom stereocenters. The highest BCUT2D eigenvalue weighted by molar-refractivity contribution is 5.97. The summed E-state index contributed by atoms with van der Waals surface area (Å²) >= 11 is 0. The van der Waals surface area contributed by atoms with Crippen molar-refractivity contribution in [2.24, 2.45) is 5.41 Å².